The minimum Gasteiger partial charge on any atom is -0.453 e. The van der Waals surface area contributed by atoms with Gasteiger partial charge in [-0.15, -0.1) is 0 Å². The van der Waals surface area contributed by atoms with Crippen LogP contribution in [0.2, 0.25) is 0 Å². The summed E-state index contributed by atoms with van der Waals surface area (Å²) in [6, 6.07) is 5.69. The lowest BCUT2D eigenvalue weighted by atomic mass is 9.98. The SMILES string of the molecule is CC(NC1CCN2CCCCC12)c1ccc(Br)o1. The van der Waals surface area contributed by atoms with Crippen LogP contribution >= 0.6 is 15.9 Å². The van der Waals surface area contributed by atoms with E-state index in [0.717, 1.165) is 16.5 Å². The summed E-state index contributed by atoms with van der Waals surface area (Å²) in [6.07, 6.45) is 5.40. The molecule has 1 aromatic rings. The van der Waals surface area contributed by atoms with Gasteiger partial charge < -0.3 is 9.73 Å². The van der Waals surface area contributed by atoms with Crippen LogP contribution in [-0.4, -0.2) is 30.1 Å². The number of hydrogen-bond acceptors (Lipinski definition) is 3. The Hall–Kier alpha value is -0.320. The molecular weight excluding hydrogens is 292 g/mol. The van der Waals surface area contributed by atoms with E-state index in [-0.39, 0.29) is 0 Å². The molecule has 0 spiro atoms. The van der Waals surface area contributed by atoms with Crippen LogP contribution in [0.1, 0.15) is 44.4 Å². The summed E-state index contributed by atoms with van der Waals surface area (Å²) < 4.78 is 6.45. The molecule has 2 aliphatic heterocycles. The molecule has 2 saturated heterocycles. The highest BCUT2D eigenvalue weighted by atomic mass is 79.9. The second-order valence-electron chi connectivity index (χ2n) is 5.52. The molecule has 4 heteroatoms. The Kier molecular flexibility index (Phi) is 3.78. The summed E-state index contributed by atoms with van der Waals surface area (Å²) in [7, 11) is 0. The zero-order chi connectivity index (χ0) is 12.5. The molecule has 18 heavy (non-hydrogen) atoms. The zero-order valence-corrected chi connectivity index (χ0v) is 12.4. The minimum atomic E-state index is 0.295. The van der Waals surface area contributed by atoms with Gasteiger partial charge in [-0.3, -0.25) is 4.90 Å². The first-order chi connectivity index (χ1) is 8.74. The normalized spacial score (nSPS) is 30.3. The molecule has 0 radical (unpaired) electrons. The molecule has 3 heterocycles. The van der Waals surface area contributed by atoms with E-state index >= 15 is 0 Å². The molecule has 3 unspecified atom stereocenters. The fraction of sp³-hybridized carbons (Fsp3) is 0.714. The lowest BCUT2D eigenvalue weighted by Crippen LogP contribution is -2.45. The van der Waals surface area contributed by atoms with Crippen molar-refractivity contribution in [3.63, 3.8) is 0 Å². The van der Waals surface area contributed by atoms with E-state index in [9.17, 15) is 0 Å². The van der Waals surface area contributed by atoms with Crippen LogP contribution in [0, 0.1) is 0 Å². The third kappa shape index (κ3) is 2.51. The smallest absolute Gasteiger partial charge is 0.169 e. The molecular formula is C14H21BrN2O. The molecule has 3 rings (SSSR count). The lowest BCUT2D eigenvalue weighted by molar-refractivity contribution is 0.175. The van der Waals surface area contributed by atoms with Crippen molar-refractivity contribution in [3.05, 3.63) is 22.6 Å². The maximum atomic E-state index is 5.63. The number of nitrogens with zero attached hydrogens (tertiary/aromatic N) is 1. The summed E-state index contributed by atoms with van der Waals surface area (Å²) in [4.78, 5) is 2.66. The first-order valence-electron chi connectivity index (χ1n) is 6.99. The van der Waals surface area contributed by atoms with Crippen molar-refractivity contribution >= 4 is 15.9 Å². The van der Waals surface area contributed by atoms with E-state index in [1.807, 2.05) is 6.07 Å². The van der Waals surface area contributed by atoms with E-state index in [1.165, 1.54) is 38.8 Å². The molecule has 2 aliphatic rings. The van der Waals surface area contributed by atoms with Gasteiger partial charge >= 0.3 is 0 Å². The fourth-order valence-corrected chi connectivity index (χ4v) is 3.73. The number of nitrogens with one attached hydrogen (secondary N) is 1. The van der Waals surface area contributed by atoms with Crippen molar-refractivity contribution in [2.45, 2.75) is 50.7 Å². The van der Waals surface area contributed by atoms with Gasteiger partial charge in [-0.1, -0.05) is 6.42 Å². The van der Waals surface area contributed by atoms with E-state index in [0.29, 0.717) is 12.1 Å². The van der Waals surface area contributed by atoms with Crippen LogP contribution in [0.5, 0.6) is 0 Å². The van der Waals surface area contributed by atoms with Crippen molar-refractivity contribution in [1.82, 2.24) is 10.2 Å². The maximum Gasteiger partial charge on any atom is 0.169 e. The summed E-state index contributed by atoms with van der Waals surface area (Å²) >= 11 is 3.37. The molecule has 0 bridgehead atoms. The average molecular weight is 313 g/mol. The average Bonchev–Trinajstić information content (AvgIpc) is 2.97. The van der Waals surface area contributed by atoms with Gasteiger partial charge in [0.1, 0.15) is 5.76 Å². The maximum absolute atomic E-state index is 5.63. The predicted octanol–water partition coefficient (Wildman–Crippen LogP) is 3.32. The van der Waals surface area contributed by atoms with Crippen molar-refractivity contribution < 1.29 is 4.42 Å². The highest BCUT2D eigenvalue weighted by molar-refractivity contribution is 9.10. The molecule has 3 nitrogen and oxygen atoms in total. The minimum absolute atomic E-state index is 0.295. The Morgan fingerprint density at radius 2 is 2.22 bits per heavy atom. The third-order valence-corrected chi connectivity index (χ3v) is 4.77. The Labute approximate surface area is 117 Å². The lowest BCUT2D eigenvalue weighted by Gasteiger charge is -2.33. The number of rotatable bonds is 3. The van der Waals surface area contributed by atoms with Crippen LogP contribution in [0.25, 0.3) is 0 Å². The quantitative estimate of drug-likeness (QED) is 0.928. The van der Waals surface area contributed by atoms with Gasteiger partial charge in [-0.05, 0) is 60.8 Å². The van der Waals surface area contributed by atoms with Crippen LogP contribution < -0.4 is 5.32 Å². The number of fused-ring (bicyclic) bond motifs is 1. The second-order valence-corrected chi connectivity index (χ2v) is 6.31. The van der Waals surface area contributed by atoms with Gasteiger partial charge in [0.2, 0.25) is 0 Å². The Morgan fingerprint density at radius 1 is 1.33 bits per heavy atom. The van der Waals surface area contributed by atoms with Crippen molar-refractivity contribution in [2.75, 3.05) is 13.1 Å². The molecule has 3 atom stereocenters. The Morgan fingerprint density at radius 3 is 3.00 bits per heavy atom. The van der Waals surface area contributed by atoms with Crippen LogP contribution in [0.4, 0.5) is 0 Å². The molecule has 0 amide bonds. The Balaban J connectivity index is 1.62. The van der Waals surface area contributed by atoms with Gasteiger partial charge in [0.25, 0.3) is 0 Å². The zero-order valence-electron chi connectivity index (χ0n) is 10.9. The molecule has 0 saturated carbocycles. The molecule has 0 aliphatic carbocycles. The topological polar surface area (TPSA) is 28.4 Å². The van der Waals surface area contributed by atoms with Gasteiger partial charge in [-0.25, -0.2) is 0 Å². The molecule has 0 aromatic carbocycles. The predicted molar refractivity (Wildman–Crippen MR) is 75.6 cm³/mol. The summed E-state index contributed by atoms with van der Waals surface area (Å²) in [6.45, 7) is 4.75. The highest BCUT2D eigenvalue weighted by Crippen LogP contribution is 2.29. The van der Waals surface area contributed by atoms with E-state index < -0.39 is 0 Å². The molecule has 2 fully saturated rings. The first-order valence-corrected chi connectivity index (χ1v) is 7.78. The van der Waals surface area contributed by atoms with Crippen LogP contribution in [0.3, 0.4) is 0 Å². The first kappa shape index (κ1) is 12.7. The number of furan rings is 1. The van der Waals surface area contributed by atoms with Gasteiger partial charge in [0.15, 0.2) is 4.67 Å². The molecule has 1 aromatic heterocycles. The van der Waals surface area contributed by atoms with Gasteiger partial charge in [0.05, 0.1) is 6.04 Å². The highest BCUT2D eigenvalue weighted by Gasteiger charge is 2.36. The van der Waals surface area contributed by atoms with Crippen LogP contribution in [0.15, 0.2) is 21.2 Å². The monoisotopic (exact) mass is 312 g/mol. The molecule has 100 valence electrons. The van der Waals surface area contributed by atoms with Crippen molar-refractivity contribution in [1.29, 1.82) is 0 Å². The van der Waals surface area contributed by atoms with Gasteiger partial charge in [0, 0.05) is 18.6 Å². The summed E-state index contributed by atoms with van der Waals surface area (Å²) in [5, 5.41) is 3.75. The van der Waals surface area contributed by atoms with Gasteiger partial charge in [-0.2, -0.15) is 0 Å². The largest absolute Gasteiger partial charge is 0.453 e. The fourth-order valence-electron chi connectivity index (χ4n) is 3.41. The van der Waals surface area contributed by atoms with E-state index in [4.69, 9.17) is 4.42 Å². The van der Waals surface area contributed by atoms with Crippen molar-refractivity contribution in [2.24, 2.45) is 0 Å². The summed E-state index contributed by atoms with van der Waals surface area (Å²) in [5.41, 5.74) is 0. The second kappa shape index (κ2) is 5.35. The third-order valence-electron chi connectivity index (χ3n) is 4.34. The number of halogens is 1. The standard InChI is InChI=1S/C14H21BrN2O/c1-10(13-5-6-14(15)18-13)16-11-7-9-17-8-3-2-4-12(11)17/h5-6,10-12,16H,2-4,7-9H2,1H3. The number of hydrogen-bond donors (Lipinski definition) is 1. The summed E-state index contributed by atoms with van der Waals surface area (Å²) in [5.74, 6) is 1.02. The van der Waals surface area contributed by atoms with E-state index in [1.54, 1.807) is 0 Å². The van der Waals surface area contributed by atoms with Crippen LogP contribution in [-0.2, 0) is 0 Å². The molecule has 1 N–H and O–H groups in total. The number of piperidine rings is 1. The van der Waals surface area contributed by atoms with Crippen molar-refractivity contribution in [3.8, 4) is 0 Å². The Bertz CT molecular complexity index is 406. The van der Waals surface area contributed by atoms with E-state index in [2.05, 4.69) is 39.1 Å².